The van der Waals surface area contributed by atoms with E-state index in [1.54, 1.807) is 11.3 Å². The second kappa shape index (κ2) is 11.4. The van der Waals surface area contributed by atoms with Gasteiger partial charge in [-0.1, -0.05) is 13.8 Å². The molecule has 0 aliphatic heterocycles. The summed E-state index contributed by atoms with van der Waals surface area (Å²) < 4.78 is 0. The molecular weight excluding hydrogens is 306 g/mol. The number of nitrogens with zero attached hydrogens (tertiary/aromatic N) is 4. The highest BCUT2D eigenvalue weighted by Gasteiger charge is 2.08. The second-order valence-corrected chi connectivity index (χ2v) is 6.95. The molecule has 0 saturated carbocycles. The predicted octanol–water partition coefficient (Wildman–Crippen LogP) is 2.97. The van der Waals surface area contributed by atoms with E-state index in [4.69, 9.17) is 0 Å². The number of rotatable bonds is 10. The van der Waals surface area contributed by atoms with Crippen LogP contribution in [0.25, 0.3) is 0 Å². The van der Waals surface area contributed by atoms with Crippen molar-refractivity contribution in [2.75, 3.05) is 40.3 Å². The summed E-state index contributed by atoms with van der Waals surface area (Å²) in [6.45, 7) is 11.8. The molecule has 5 nitrogen and oxygen atoms in total. The largest absolute Gasteiger partial charge is 0.356 e. The van der Waals surface area contributed by atoms with Crippen LogP contribution in [0.4, 0.5) is 0 Å². The number of aryl methyl sites for hydroxylation is 1. The smallest absolute Gasteiger partial charge is 0.193 e. The van der Waals surface area contributed by atoms with Crippen LogP contribution in [0.3, 0.4) is 0 Å². The Labute approximate surface area is 145 Å². The fourth-order valence-corrected chi connectivity index (χ4v) is 3.26. The minimum Gasteiger partial charge on any atom is -0.356 e. The molecule has 0 fully saturated rings. The van der Waals surface area contributed by atoms with Crippen molar-refractivity contribution in [3.05, 3.63) is 16.1 Å². The monoisotopic (exact) mass is 339 g/mol. The van der Waals surface area contributed by atoms with Gasteiger partial charge in [0.15, 0.2) is 5.96 Å². The van der Waals surface area contributed by atoms with E-state index in [2.05, 4.69) is 51.4 Å². The summed E-state index contributed by atoms with van der Waals surface area (Å²) in [6, 6.07) is 0. The van der Waals surface area contributed by atoms with Gasteiger partial charge in [0.1, 0.15) is 0 Å². The van der Waals surface area contributed by atoms with Crippen LogP contribution in [0.15, 0.2) is 10.4 Å². The molecule has 0 saturated heterocycles. The SMILES string of the molecule is CCCN(CCC)CCCNC(=NC)N(C)Cc1csc(C)n1. The normalized spacial score (nSPS) is 12.0. The Morgan fingerprint density at radius 3 is 2.48 bits per heavy atom. The average Bonchev–Trinajstić information content (AvgIpc) is 2.92. The zero-order valence-electron chi connectivity index (χ0n) is 15.4. The fourth-order valence-electron chi connectivity index (χ4n) is 2.65. The number of thiazole rings is 1. The molecule has 1 aromatic rings. The van der Waals surface area contributed by atoms with Gasteiger partial charge in [-0.15, -0.1) is 11.3 Å². The molecule has 1 N–H and O–H groups in total. The lowest BCUT2D eigenvalue weighted by Crippen LogP contribution is -2.40. The zero-order valence-corrected chi connectivity index (χ0v) is 16.2. The highest BCUT2D eigenvalue weighted by molar-refractivity contribution is 7.09. The molecule has 0 atom stereocenters. The minimum atomic E-state index is 0.793. The number of guanidine groups is 1. The summed E-state index contributed by atoms with van der Waals surface area (Å²) in [5, 5.41) is 6.69. The minimum absolute atomic E-state index is 0.793. The van der Waals surface area contributed by atoms with Crippen LogP contribution in [0.5, 0.6) is 0 Å². The van der Waals surface area contributed by atoms with Crippen molar-refractivity contribution >= 4 is 17.3 Å². The van der Waals surface area contributed by atoms with Gasteiger partial charge < -0.3 is 15.1 Å². The Hall–Kier alpha value is -1.14. The number of nitrogens with one attached hydrogen (secondary N) is 1. The lowest BCUT2D eigenvalue weighted by Gasteiger charge is -2.23. The molecule has 1 rings (SSSR count). The molecule has 6 heteroatoms. The first-order valence-electron chi connectivity index (χ1n) is 8.65. The zero-order chi connectivity index (χ0) is 17.1. The van der Waals surface area contributed by atoms with Crippen molar-refractivity contribution in [1.29, 1.82) is 0 Å². The van der Waals surface area contributed by atoms with E-state index >= 15 is 0 Å². The molecule has 0 aromatic carbocycles. The third-order valence-corrected chi connectivity index (χ3v) is 4.48. The molecule has 23 heavy (non-hydrogen) atoms. The van der Waals surface area contributed by atoms with Crippen molar-refractivity contribution < 1.29 is 0 Å². The number of hydrogen-bond donors (Lipinski definition) is 1. The van der Waals surface area contributed by atoms with Gasteiger partial charge in [0.05, 0.1) is 17.2 Å². The number of aliphatic imine (C=N–C) groups is 1. The Bertz CT molecular complexity index is 452. The first kappa shape index (κ1) is 19.9. The van der Waals surface area contributed by atoms with Crippen molar-refractivity contribution in [3.8, 4) is 0 Å². The third kappa shape index (κ3) is 7.79. The van der Waals surface area contributed by atoms with Crippen LogP contribution in [-0.4, -0.2) is 61.0 Å². The molecule has 0 unspecified atom stereocenters. The van der Waals surface area contributed by atoms with Gasteiger partial charge in [0.25, 0.3) is 0 Å². The van der Waals surface area contributed by atoms with Gasteiger partial charge in [0, 0.05) is 26.0 Å². The first-order valence-corrected chi connectivity index (χ1v) is 9.53. The van der Waals surface area contributed by atoms with Crippen molar-refractivity contribution in [2.45, 2.75) is 46.6 Å². The lowest BCUT2D eigenvalue weighted by atomic mass is 10.3. The standard InChI is InChI=1S/C17H33N5S/c1-6-10-22(11-7-2)12-8-9-19-17(18-4)21(5)13-16-14-23-15(3)20-16/h14H,6-13H2,1-5H3,(H,18,19). The predicted molar refractivity (Wildman–Crippen MR) is 101 cm³/mol. The summed E-state index contributed by atoms with van der Waals surface area (Å²) in [4.78, 5) is 13.6. The molecule has 1 heterocycles. The summed E-state index contributed by atoms with van der Waals surface area (Å²) in [7, 11) is 3.90. The molecular formula is C17H33N5S. The van der Waals surface area contributed by atoms with Gasteiger partial charge in [-0.05, 0) is 45.8 Å². The van der Waals surface area contributed by atoms with Crippen LogP contribution >= 0.6 is 11.3 Å². The van der Waals surface area contributed by atoms with E-state index in [0.29, 0.717) is 0 Å². The molecule has 0 aliphatic carbocycles. The molecule has 132 valence electrons. The van der Waals surface area contributed by atoms with E-state index in [0.717, 1.165) is 42.7 Å². The fraction of sp³-hybridized carbons (Fsp3) is 0.765. The van der Waals surface area contributed by atoms with E-state index in [9.17, 15) is 0 Å². The third-order valence-electron chi connectivity index (χ3n) is 3.65. The Morgan fingerprint density at radius 2 is 1.96 bits per heavy atom. The molecule has 1 aromatic heterocycles. The van der Waals surface area contributed by atoms with Crippen LogP contribution < -0.4 is 5.32 Å². The van der Waals surface area contributed by atoms with Crippen molar-refractivity contribution in [3.63, 3.8) is 0 Å². The summed E-state index contributed by atoms with van der Waals surface area (Å²) in [6.07, 6.45) is 3.60. The summed E-state index contributed by atoms with van der Waals surface area (Å²) >= 11 is 1.70. The van der Waals surface area contributed by atoms with E-state index in [1.165, 1.54) is 25.9 Å². The maximum atomic E-state index is 4.52. The highest BCUT2D eigenvalue weighted by atomic mass is 32.1. The Kier molecular flexibility index (Phi) is 9.87. The van der Waals surface area contributed by atoms with Crippen LogP contribution in [0, 0.1) is 6.92 Å². The van der Waals surface area contributed by atoms with Crippen LogP contribution in [0.1, 0.15) is 43.8 Å². The van der Waals surface area contributed by atoms with E-state index in [1.807, 2.05) is 14.0 Å². The van der Waals surface area contributed by atoms with Gasteiger partial charge >= 0.3 is 0 Å². The van der Waals surface area contributed by atoms with E-state index in [-0.39, 0.29) is 0 Å². The van der Waals surface area contributed by atoms with Gasteiger partial charge in [-0.25, -0.2) is 4.98 Å². The molecule has 0 spiro atoms. The quantitative estimate of drug-likeness (QED) is 0.404. The maximum Gasteiger partial charge on any atom is 0.193 e. The van der Waals surface area contributed by atoms with E-state index < -0.39 is 0 Å². The molecule has 0 bridgehead atoms. The van der Waals surface area contributed by atoms with Crippen LogP contribution in [0.2, 0.25) is 0 Å². The average molecular weight is 340 g/mol. The molecule has 0 amide bonds. The Balaban J connectivity index is 2.32. The van der Waals surface area contributed by atoms with Gasteiger partial charge in [0.2, 0.25) is 0 Å². The summed E-state index contributed by atoms with van der Waals surface area (Å²) in [5.74, 6) is 0.938. The molecule has 0 radical (unpaired) electrons. The highest BCUT2D eigenvalue weighted by Crippen LogP contribution is 2.09. The molecule has 0 aliphatic rings. The van der Waals surface area contributed by atoms with Gasteiger partial charge in [-0.3, -0.25) is 4.99 Å². The number of aromatic nitrogens is 1. The van der Waals surface area contributed by atoms with Gasteiger partial charge in [-0.2, -0.15) is 0 Å². The van der Waals surface area contributed by atoms with Crippen LogP contribution in [-0.2, 0) is 6.54 Å². The number of hydrogen-bond acceptors (Lipinski definition) is 4. The maximum absolute atomic E-state index is 4.52. The topological polar surface area (TPSA) is 43.8 Å². The first-order chi connectivity index (χ1) is 11.1. The summed E-state index contributed by atoms with van der Waals surface area (Å²) in [5.41, 5.74) is 1.11. The Morgan fingerprint density at radius 1 is 1.26 bits per heavy atom. The lowest BCUT2D eigenvalue weighted by molar-refractivity contribution is 0.271. The second-order valence-electron chi connectivity index (χ2n) is 5.88. The van der Waals surface area contributed by atoms with Crippen molar-refractivity contribution in [1.82, 2.24) is 20.1 Å². The van der Waals surface area contributed by atoms with Crippen molar-refractivity contribution in [2.24, 2.45) is 4.99 Å².